The number of carboxylic acids is 1. The van der Waals surface area contributed by atoms with E-state index in [1.807, 2.05) is 24.3 Å². The molecule has 1 amide bonds. The summed E-state index contributed by atoms with van der Waals surface area (Å²) in [5, 5.41) is 12.1. The number of amides is 1. The second-order valence-electron chi connectivity index (χ2n) is 7.18. The molecule has 0 aliphatic heterocycles. The van der Waals surface area contributed by atoms with E-state index >= 15 is 0 Å². The van der Waals surface area contributed by atoms with E-state index in [2.05, 4.69) is 10.2 Å². The number of carbonyl (C=O) groups excluding carboxylic acids is 1. The monoisotopic (exact) mass is 346 g/mol. The molecule has 6 heteroatoms. The number of hydrogen-bond donors (Lipinski definition) is 2. The average molecular weight is 346 g/mol. The highest BCUT2D eigenvalue weighted by Gasteiger charge is 2.37. The van der Waals surface area contributed by atoms with Gasteiger partial charge in [-0.25, -0.2) is 0 Å². The molecule has 0 unspecified atom stereocenters. The summed E-state index contributed by atoms with van der Waals surface area (Å²) in [5.74, 6) is 0.647. The number of hydrogen-bond acceptors (Lipinski definition) is 4. The van der Waals surface area contributed by atoms with Crippen LogP contribution in [0.5, 0.6) is 5.75 Å². The number of methoxy groups -OCH3 is 1. The van der Waals surface area contributed by atoms with Crippen molar-refractivity contribution < 1.29 is 19.4 Å². The van der Waals surface area contributed by atoms with Crippen LogP contribution in [0.4, 0.5) is 0 Å². The summed E-state index contributed by atoms with van der Waals surface area (Å²) in [7, 11) is 1.61. The van der Waals surface area contributed by atoms with Crippen LogP contribution in [0.2, 0.25) is 0 Å². The Balaban J connectivity index is 1.43. The number of benzene rings is 1. The molecule has 2 N–H and O–H groups in total. The third-order valence-corrected chi connectivity index (χ3v) is 5.02. The lowest BCUT2D eigenvalue weighted by Crippen LogP contribution is -2.55. The Hall–Kier alpha value is -2.08. The fourth-order valence-corrected chi connectivity index (χ4v) is 3.40. The second kappa shape index (κ2) is 7.87. The van der Waals surface area contributed by atoms with Crippen LogP contribution in [-0.2, 0) is 16.0 Å². The van der Waals surface area contributed by atoms with Crippen LogP contribution in [0.3, 0.4) is 0 Å². The van der Waals surface area contributed by atoms with Gasteiger partial charge in [-0.1, -0.05) is 12.1 Å². The molecule has 2 aliphatic carbocycles. The van der Waals surface area contributed by atoms with Crippen LogP contribution >= 0.6 is 0 Å². The van der Waals surface area contributed by atoms with Gasteiger partial charge in [-0.3, -0.25) is 14.5 Å². The number of ether oxygens (including phenoxy) is 1. The van der Waals surface area contributed by atoms with E-state index in [4.69, 9.17) is 9.84 Å². The van der Waals surface area contributed by atoms with Crippen molar-refractivity contribution in [2.45, 2.75) is 44.2 Å². The van der Waals surface area contributed by atoms with E-state index in [0.717, 1.165) is 30.7 Å². The molecule has 0 bridgehead atoms. The first-order valence-corrected chi connectivity index (χ1v) is 8.91. The van der Waals surface area contributed by atoms with Crippen molar-refractivity contribution >= 4 is 11.9 Å². The number of carboxylic acid groups (broad SMARTS) is 1. The standard InChI is InChI=1S/C19H26N2O4/c1-25-17-4-2-3-14(7-17)8-18(22)20-15-9-16(10-15)21(12-19(23)24)11-13-5-6-13/h2-4,7,13,15-16H,5-6,8-12H2,1H3,(H,20,22)(H,23,24). The van der Waals surface area contributed by atoms with Crippen molar-refractivity contribution in [1.29, 1.82) is 0 Å². The maximum Gasteiger partial charge on any atom is 0.317 e. The topological polar surface area (TPSA) is 78.9 Å². The molecule has 136 valence electrons. The van der Waals surface area contributed by atoms with E-state index in [9.17, 15) is 9.59 Å². The zero-order valence-corrected chi connectivity index (χ0v) is 14.6. The summed E-state index contributed by atoms with van der Waals surface area (Å²) in [5.41, 5.74) is 0.925. The highest BCUT2D eigenvalue weighted by molar-refractivity contribution is 5.79. The van der Waals surface area contributed by atoms with Crippen molar-refractivity contribution in [3.8, 4) is 5.75 Å². The maximum absolute atomic E-state index is 12.2. The van der Waals surface area contributed by atoms with Crippen molar-refractivity contribution in [2.75, 3.05) is 20.2 Å². The van der Waals surface area contributed by atoms with E-state index in [1.54, 1.807) is 7.11 Å². The van der Waals surface area contributed by atoms with Gasteiger partial charge in [0.15, 0.2) is 0 Å². The van der Waals surface area contributed by atoms with Crippen LogP contribution in [0, 0.1) is 5.92 Å². The van der Waals surface area contributed by atoms with Gasteiger partial charge in [0.2, 0.25) is 5.91 Å². The van der Waals surface area contributed by atoms with Gasteiger partial charge in [0, 0.05) is 18.6 Å². The van der Waals surface area contributed by atoms with Crippen LogP contribution < -0.4 is 10.1 Å². The lowest BCUT2D eigenvalue weighted by atomic mass is 9.85. The first kappa shape index (κ1) is 17.7. The molecular formula is C19H26N2O4. The summed E-state index contributed by atoms with van der Waals surface area (Å²) >= 11 is 0. The zero-order valence-electron chi connectivity index (χ0n) is 14.6. The van der Waals surface area contributed by atoms with E-state index in [1.165, 1.54) is 12.8 Å². The highest BCUT2D eigenvalue weighted by atomic mass is 16.5. The van der Waals surface area contributed by atoms with E-state index in [-0.39, 0.29) is 24.5 Å². The molecule has 0 radical (unpaired) electrons. The molecule has 2 fully saturated rings. The summed E-state index contributed by atoms with van der Waals surface area (Å²) in [4.78, 5) is 25.3. The van der Waals surface area contributed by atoms with Gasteiger partial charge >= 0.3 is 5.97 Å². The Morgan fingerprint density at radius 3 is 2.72 bits per heavy atom. The van der Waals surface area contributed by atoms with Crippen LogP contribution in [0.1, 0.15) is 31.2 Å². The third-order valence-electron chi connectivity index (χ3n) is 5.02. The Kier molecular flexibility index (Phi) is 5.58. The minimum atomic E-state index is -0.772. The summed E-state index contributed by atoms with van der Waals surface area (Å²) in [6.45, 7) is 0.979. The minimum Gasteiger partial charge on any atom is -0.497 e. The third kappa shape index (κ3) is 5.19. The molecular weight excluding hydrogens is 320 g/mol. The molecule has 1 aromatic carbocycles. The normalized spacial score (nSPS) is 22.3. The van der Waals surface area contributed by atoms with Crippen LogP contribution in [0.25, 0.3) is 0 Å². The Morgan fingerprint density at radius 2 is 2.08 bits per heavy atom. The number of carbonyl (C=O) groups is 2. The second-order valence-corrected chi connectivity index (χ2v) is 7.18. The summed E-state index contributed by atoms with van der Waals surface area (Å²) in [6, 6.07) is 7.94. The van der Waals surface area contributed by atoms with Gasteiger partial charge in [-0.15, -0.1) is 0 Å². The molecule has 2 saturated carbocycles. The van der Waals surface area contributed by atoms with Gasteiger partial charge in [0.05, 0.1) is 20.1 Å². The molecule has 1 aromatic rings. The number of nitrogens with one attached hydrogen (secondary N) is 1. The molecule has 0 heterocycles. The molecule has 0 atom stereocenters. The summed E-state index contributed by atoms with van der Waals surface area (Å²) < 4.78 is 5.17. The minimum absolute atomic E-state index is 0.00341. The quantitative estimate of drug-likeness (QED) is 0.711. The molecule has 6 nitrogen and oxygen atoms in total. The predicted molar refractivity (Wildman–Crippen MR) is 93.6 cm³/mol. The first-order chi connectivity index (χ1) is 12.0. The van der Waals surface area contributed by atoms with E-state index in [0.29, 0.717) is 12.3 Å². The fourth-order valence-electron chi connectivity index (χ4n) is 3.40. The van der Waals surface area contributed by atoms with Crippen LogP contribution in [0.15, 0.2) is 24.3 Å². The van der Waals surface area contributed by atoms with Gasteiger partial charge < -0.3 is 15.2 Å². The van der Waals surface area contributed by atoms with Gasteiger partial charge in [0.1, 0.15) is 5.75 Å². The highest BCUT2D eigenvalue weighted by Crippen LogP contribution is 2.33. The Bertz CT molecular complexity index is 624. The SMILES string of the molecule is COc1cccc(CC(=O)NC2CC(N(CC(=O)O)CC3CC3)C2)c1. The average Bonchev–Trinajstić information content (AvgIpc) is 3.33. The number of nitrogens with zero attached hydrogens (tertiary/aromatic N) is 1. The lowest BCUT2D eigenvalue weighted by molar-refractivity contribution is -0.140. The number of aliphatic carboxylic acids is 1. The van der Waals surface area contributed by atoms with E-state index < -0.39 is 5.97 Å². The maximum atomic E-state index is 12.2. The van der Waals surface area contributed by atoms with Crippen molar-refractivity contribution in [3.05, 3.63) is 29.8 Å². The Morgan fingerprint density at radius 1 is 1.32 bits per heavy atom. The zero-order chi connectivity index (χ0) is 17.8. The number of rotatable bonds is 9. The van der Waals surface area contributed by atoms with Crippen molar-refractivity contribution in [1.82, 2.24) is 10.2 Å². The fraction of sp³-hybridized carbons (Fsp3) is 0.579. The molecule has 2 aliphatic rings. The lowest BCUT2D eigenvalue weighted by Gasteiger charge is -2.42. The summed E-state index contributed by atoms with van der Waals surface area (Å²) in [6.07, 6.45) is 4.43. The van der Waals surface area contributed by atoms with Crippen molar-refractivity contribution in [3.63, 3.8) is 0 Å². The Labute approximate surface area is 148 Å². The van der Waals surface area contributed by atoms with Crippen LogP contribution in [-0.4, -0.2) is 54.2 Å². The van der Waals surface area contributed by atoms with Gasteiger partial charge in [0.25, 0.3) is 0 Å². The van der Waals surface area contributed by atoms with Gasteiger partial charge in [-0.2, -0.15) is 0 Å². The predicted octanol–water partition coefficient (Wildman–Crippen LogP) is 1.68. The largest absolute Gasteiger partial charge is 0.497 e. The van der Waals surface area contributed by atoms with Gasteiger partial charge in [-0.05, 0) is 49.3 Å². The first-order valence-electron chi connectivity index (χ1n) is 8.91. The molecule has 3 rings (SSSR count). The molecule has 0 aromatic heterocycles. The van der Waals surface area contributed by atoms with Crippen molar-refractivity contribution in [2.24, 2.45) is 5.92 Å². The molecule has 25 heavy (non-hydrogen) atoms. The smallest absolute Gasteiger partial charge is 0.317 e. The molecule has 0 saturated heterocycles. The molecule has 0 spiro atoms.